The van der Waals surface area contributed by atoms with Gasteiger partial charge in [-0.3, -0.25) is 15.3 Å². The third-order valence-electron chi connectivity index (χ3n) is 4.85. The van der Waals surface area contributed by atoms with E-state index in [2.05, 4.69) is 42.6 Å². The molecule has 0 bridgehead atoms. The van der Waals surface area contributed by atoms with Crippen LogP contribution in [0.4, 0.5) is 0 Å². The largest absolute Gasteiger partial charge is 0.373 e. The van der Waals surface area contributed by atoms with Crippen molar-refractivity contribution in [1.82, 2.24) is 35.7 Å². The number of nitrogens with zero attached hydrogens (tertiary/aromatic N) is 4. The molecular formula is C15H21N7O. The van der Waals surface area contributed by atoms with Gasteiger partial charge in [0.05, 0.1) is 11.4 Å². The summed E-state index contributed by atoms with van der Waals surface area (Å²) in [7, 11) is 0. The van der Waals surface area contributed by atoms with E-state index in [1.54, 1.807) is 6.20 Å². The molecule has 2 aliphatic rings. The Balaban J connectivity index is 1.85. The minimum Gasteiger partial charge on any atom is -0.373 e. The lowest BCUT2D eigenvalue weighted by Crippen LogP contribution is -2.59. The van der Waals surface area contributed by atoms with Crippen molar-refractivity contribution in [1.29, 1.82) is 0 Å². The first-order valence-corrected chi connectivity index (χ1v) is 8.03. The van der Waals surface area contributed by atoms with Crippen molar-refractivity contribution in [3.63, 3.8) is 0 Å². The standard InChI is InChI=1S/C15H21N7O/c1-2-15(22-7-5-16-6-8-22)11-12(10-3-4-17-9-18-10)20-21-13(11)14(23)19-15/h3-4,9,14,16,19,23H,2,5-8H2,1H3,(H,20,21). The summed E-state index contributed by atoms with van der Waals surface area (Å²) in [6, 6.07) is 1.86. The quantitative estimate of drug-likeness (QED) is 0.629. The van der Waals surface area contributed by atoms with Gasteiger partial charge in [0.25, 0.3) is 0 Å². The van der Waals surface area contributed by atoms with E-state index in [1.165, 1.54) is 6.33 Å². The van der Waals surface area contributed by atoms with E-state index in [-0.39, 0.29) is 0 Å². The van der Waals surface area contributed by atoms with E-state index in [1.807, 2.05) is 6.07 Å². The predicted octanol–water partition coefficient (Wildman–Crippen LogP) is -0.0712. The molecular weight excluding hydrogens is 294 g/mol. The second-order valence-corrected chi connectivity index (χ2v) is 5.95. The molecule has 1 fully saturated rings. The van der Waals surface area contributed by atoms with Crippen molar-refractivity contribution in [3.8, 4) is 11.4 Å². The molecule has 0 radical (unpaired) electrons. The number of aromatic amines is 1. The van der Waals surface area contributed by atoms with Crippen molar-refractivity contribution in [3.05, 3.63) is 29.8 Å². The first kappa shape index (κ1) is 14.7. The second-order valence-electron chi connectivity index (χ2n) is 5.95. The molecule has 0 amide bonds. The molecule has 2 aliphatic heterocycles. The number of rotatable bonds is 3. The molecule has 1 saturated heterocycles. The molecule has 0 aliphatic carbocycles. The van der Waals surface area contributed by atoms with E-state index in [9.17, 15) is 5.11 Å². The minimum absolute atomic E-state index is 0.426. The predicted molar refractivity (Wildman–Crippen MR) is 84.1 cm³/mol. The molecule has 8 heteroatoms. The van der Waals surface area contributed by atoms with Crippen LogP contribution in [0, 0.1) is 0 Å². The summed E-state index contributed by atoms with van der Waals surface area (Å²) >= 11 is 0. The lowest BCUT2D eigenvalue weighted by Gasteiger charge is -2.44. The number of aliphatic hydroxyl groups excluding tert-OH is 1. The Hall–Kier alpha value is -1.87. The van der Waals surface area contributed by atoms with Crippen LogP contribution in [0.15, 0.2) is 18.6 Å². The van der Waals surface area contributed by atoms with E-state index >= 15 is 0 Å². The number of aliphatic hydroxyl groups is 1. The van der Waals surface area contributed by atoms with Gasteiger partial charge in [0.1, 0.15) is 17.7 Å². The van der Waals surface area contributed by atoms with Crippen LogP contribution in [0.5, 0.6) is 0 Å². The first-order chi connectivity index (χ1) is 11.3. The maximum absolute atomic E-state index is 10.5. The number of nitrogens with one attached hydrogen (secondary N) is 3. The molecule has 0 aromatic carbocycles. The Morgan fingerprint density at radius 3 is 2.91 bits per heavy atom. The summed E-state index contributed by atoms with van der Waals surface area (Å²) in [4.78, 5) is 10.7. The van der Waals surface area contributed by atoms with Gasteiger partial charge < -0.3 is 10.4 Å². The topological polar surface area (TPSA) is 102 Å². The Kier molecular flexibility index (Phi) is 3.61. The highest BCUT2D eigenvalue weighted by atomic mass is 16.3. The number of hydrogen-bond donors (Lipinski definition) is 4. The van der Waals surface area contributed by atoms with Gasteiger partial charge in [0.2, 0.25) is 0 Å². The summed E-state index contributed by atoms with van der Waals surface area (Å²) in [5.41, 5.74) is 2.89. The molecule has 2 atom stereocenters. The van der Waals surface area contributed by atoms with E-state index in [4.69, 9.17) is 0 Å². The lowest BCUT2D eigenvalue weighted by molar-refractivity contribution is 0.0000123. The van der Waals surface area contributed by atoms with Gasteiger partial charge in [-0.15, -0.1) is 0 Å². The molecule has 8 nitrogen and oxygen atoms in total. The first-order valence-electron chi connectivity index (χ1n) is 8.03. The van der Waals surface area contributed by atoms with Gasteiger partial charge in [-0.2, -0.15) is 5.10 Å². The molecule has 23 heavy (non-hydrogen) atoms. The maximum Gasteiger partial charge on any atom is 0.152 e. The van der Waals surface area contributed by atoms with Crippen LogP contribution in [0.1, 0.15) is 30.8 Å². The maximum atomic E-state index is 10.5. The highest BCUT2D eigenvalue weighted by molar-refractivity contribution is 5.63. The van der Waals surface area contributed by atoms with Gasteiger partial charge in [-0.1, -0.05) is 6.92 Å². The van der Waals surface area contributed by atoms with Crippen LogP contribution < -0.4 is 10.6 Å². The summed E-state index contributed by atoms with van der Waals surface area (Å²) < 4.78 is 0. The zero-order valence-corrected chi connectivity index (χ0v) is 13.1. The van der Waals surface area contributed by atoms with Crippen LogP contribution in [0.2, 0.25) is 0 Å². The van der Waals surface area contributed by atoms with Crippen LogP contribution >= 0.6 is 0 Å². The van der Waals surface area contributed by atoms with Crippen LogP contribution in [0.25, 0.3) is 11.4 Å². The van der Waals surface area contributed by atoms with E-state index in [0.717, 1.165) is 49.6 Å². The summed E-state index contributed by atoms with van der Waals surface area (Å²) in [5.74, 6) is 0. The zero-order valence-electron chi connectivity index (χ0n) is 13.1. The number of hydrogen-bond acceptors (Lipinski definition) is 7. The number of H-pyrrole nitrogens is 1. The van der Waals surface area contributed by atoms with Gasteiger partial charge in [-0.25, -0.2) is 9.97 Å². The average Bonchev–Trinajstić information content (AvgIpc) is 3.17. The summed E-state index contributed by atoms with van der Waals surface area (Å²) in [6.07, 6.45) is 3.30. The smallest absolute Gasteiger partial charge is 0.152 e. The number of fused-ring (bicyclic) bond motifs is 1. The molecule has 2 aromatic rings. The summed E-state index contributed by atoms with van der Waals surface area (Å²) in [6.45, 7) is 5.85. The van der Waals surface area contributed by atoms with Crippen molar-refractivity contribution in [2.75, 3.05) is 26.2 Å². The van der Waals surface area contributed by atoms with Crippen LogP contribution in [-0.4, -0.2) is 56.4 Å². The van der Waals surface area contributed by atoms with Crippen molar-refractivity contribution in [2.45, 2.75) is 25.2 Å². The fourth-order valence-corrected chi connectivity index (χ4v) is 3.76. The third-order valence-corrected chi connectivity index (χ3v) is 4.85. The normalized spacial score (nSPS) is 28.0. The van der Waals surface area contributed by atoms with Gasteiger partial charge in [0, 0.05) is 37.9 Å². The van der Waals surface area contributed by atoms with Crippen molar-refractivity contribution in [2.24, 2.45) is 0 Å². The van der Waals surface area contributed by atoms with Gasteiger partial charge in [0.15, 0.2) is 6.23 Å². The molecule has 4 heterocycles. The SMILES string of the molecule is CCC1(N2CCNCC2)NC(O)c2n[nH]c(-c3ccncn3)c21. The average molecular weight is 315 g/mol. The second kappa shape index (κ2) is 5.64. The Morgan fingerprint density at radius 1 is 1.39 bits per heavy atom. The monoisotopic (exact) mass is 315 g/mol. The van der Waals surface area contributed by atoms with Gasteiger partial charge in [-0.05, 0) is 12.5 Å². The van der Waals surface area contributed by atoms with Crippen molar-refractivity contribution >= 4 is 0 Å². The molecule has 4 rings (SSSR count). The van der Waals surface area contributed by atoms with Crippen LogP contribution in [0.3, 0.4) is 0 Å². The number of piperazine rings is 1. The zero-order chi connectivity index (χ0) is 15.9. The number of aromatic nitrogens is 4. The molecule has 0 spiro atoms. The summed E-state index contributed by atoms with van der Waals surface area (Å²) in [5, 5.41) is 24.6. The van der Waals surface area contributed by atoms with E-state index < -0.39 is 11.9 Å². The van der Waals surface area contributed by atoms with Gasteiger partial charge >= 0.3 is 0 Å². The van der Waals surface area contributed by atoms with Crippen LogP contribution in [-0.2, 0) is 5.66 Å². The lowest BCUT2D eigenvalue weighted by atomic mass is 9.93. The Bertz CT molecular complexity index is 682. The molecule has 0 saturated carbocycles. The molecule has 122 valence electrons. The fraction of sp³-hybridized carbons (Fsp3) is 0.533. The molecule has 2 aromatic heterocycles. The fourth-order valence-electron chi connectivity index (χ4n) is 3.76. The Labute approximate surface area is 134 Å². The molecule has 2 unspecified atom stereocenters. The van der Waals surface area contributed by atoms with Crippen molar-refractivity contribution < 1.29 is 5.11 Å². The Morgan fingerprint density at radius 2 is 2.22 bits per heavy atom. The highest BCUT2D eigenvalue weighted by Gasteiger charge is 2.49. The third kappa shape index (κ3) is 2.18. The van der Waals surface area contributed by atoms with E-state index in [0.29, 0.717) is 5.69 Å². The molecule has 4 N–H and O–H groups in total. The highest BCUT2D eigenvalue weighted by Crippen LogP contribution is 2.44. The minimum atomic E-state index is -0.772.